The summed E-state index contributed by atoms with van der Waals surface area (Å²) in [6, 6.07) is 0.0948. The van der Waals surface area contributed by atoms with Crippen molar-refractivity contribution in [3.63, 3.8) is 0 Å². The van der Waals surface area contributed by atoms with Gasteiger partial charge in [-0.15, -0.1) is 0 Å². The Morgan fingerprint density at radius 2 is 2.05 bits per heavy atom. The molecular formula is C12H20F3N3O. The van der Waals surface area contributed by atoms with E-state index in [4.69, 9.17) is 0 Å². The van der Waals surface area contributed by atoms with Gasteiger partial charge in [-0.25, -0.2) is 0 Å². The summed E-state index contributed by atoms with van der Waals surface area (Å²) in [6.07, 6.45) is -4.64. The third-order valence-electron chi connectivity index (χ3n) is 4.35. The molecule has 0 aromatic carbocycles. The highest BCUT2D eigenvalue weighted by Crippen LogP contribution is 2.44. The molecule has 2 aliphatic heterocycles. The van der Waals surface area contributed by atoms with Gasteiger partial charge in [-0.1, -0.05) is 0 Å². The molecule has 110 valence electrons. The minimum Gasteiger partial charge on any atom is -0.339 e. The molecule has 2 unspecified atom stereocenters. The molecule has 0 aromatic rings. The van der Waals surface area contributed by atoms with Crippen molar-refractivity contribution in [2.45, 2.75) is 25.6 Å². The number of alkyl halides is 3. The molecule has 1 amide bonds. The quantitative estimate of drug-likeness (QED) is 0.767. The highest BCUT2D eigenvalue weighted by atomic mass is 19.4. The summed E-state index contributed by atoms with van der Waals surface area (Å²) in [4.78, 5) is 15.8. The summed E-state index contributed by atoms with van der Waals surface area (Å²) in [6.45, 7) is 3.23. The van der Waals surface area contributed by atoms with E-state index in [0.717, 1.165) is 0 Å². The van der Waals surface area contributed by atoms with Crippen molar-refractivity contribution in [1.82, 2.24) is 15.1 Å². The minimum atomic E-state index is -4.49. The summed E-state index contributed by atoms with van der Waals surface area (Å²) >= 11 is 0. The molecule has 2 atom stereocenters. The highest BCUT2D eigenvalue weighted by Gasteiger charge is 2.62. The lowest BCUT2D eigenvalue weighted by atomic mass is 9.84. The Morgan fingerprint density at radius 3 is 2.53 bits per heavy atom. The van der Waals surface area contributed by atoms with Crippen LogP contribution in [0.1, 0.15) is 13.3 Å². The maximum absolute atomic E-state index is 13.3. The van der Waals surface area contributed by atoms with Crippen molar-refractivity contribution in [1.29, 1.82) is 0 Å². The second kappa shape index (κ2) is 4.94. The Balaban J connectivity index is 2.17. The molecule has 0 spiro atoms. The van der Waals surface area contributed by atoms with Gasteiger partial charge < -0.3 is 15.1 Å². The largest absolute Gasteiger partial charge is 0.404 e. The van der Waals surface area contributed by atoms with Crippen molar-refractivity contribution >= 4 is 5.91 Å². The van der Waals surface area contributed by atoms with Crippen LogP contribution in [0.3, 0.4) is 0 Å². The normalized spacial score (nSPS) is 33.7. The molecule has 7 heteroatoms. The van der Waals surface area contributed by atoms with E-state index in [1.54, 1.807) is 0 Å². The SMILES string of the molecule is CC1CN(C(=O)C2(C(F)(F)F)CCNC2)CCN1C. The Hall–Kier alpha value is -0.820. The Labute approximate surface area is 110 Å². The van der Waals surface area contributed by atoms with Gasteiger partial charge in [-0.3, -0.25) is 4.79 Å². The number of likely N-dealkylation sites (N-methyl/N-ethyl adjacent to an activating group) is 1. The van der Waals surface area contributed by atoms with Crippen LogP contribution >= 0.6 is 0 Å². The Morgan fingerprint density at radius 1 is 1.37 bits per heavy atom. The van der Waals surface area contributed by atoms with Crippen molar-refractivity contribution < 1.29 is 18.0 Å². The molecule has 2 heterocycles. The number of carbonyl (C=O) groups is 1. The van der Waals surface area contributed by atoms with Crippen molar-refractivity contribution in [3.05, 3.63) is 0 Å². The number of halogens is 3. The van der Waals surface area contributed by atoms with Gasteiger partial charge in [-0.2, -0.15) is 13.2 Å². The fraction of sp³-hybridized carbons (Fsp3) is 0.917. The second-order valence-corrected chi connectivity index (χ2v) is 5.59. The number of hydrogen-bond acceptors (Lipinski definition) is 3. The van der Waals surface area contributed by atoms with E-state index in [1.807, 2.05) is 14.0 Å². The number of carbonyl (C=O) groups excluding carboxylic acids is 1. The van der Waals surface area contributed by atoms with E-state index in [9.17, 15) is 18.0 Å². The fourth-order valence-corrected chi connectivity index (χ4v) is 2.77. The molecule has 1 N–H and O–H groups in total. The molecule has 0 aromatic heterocycles. The molecule has 0 saturated carbocycles. The number of hydrogen-bond donors (Lipinski definition) is 1. The van der Waals surface area contributed by atoms with Crippen LogP contribution in [0.2, 0.25) is 0 Å². The molecule has 2 fully saturated rings. The number of nitrogens with one attached hydrogen (secondary N) is 1. The third-order valence-corrected chi connectivity index (χ3v) is 4.35. The van der Waals surface area contributed by atoms with Crippen LogP contribution < -0.4 is 5.32 Å². The van der Waals surface area contributed by atoms with Crippen LogP contribution in [-0.2, 0) is 4.79 Å². The zero-order chi connectivity index (χ0) is 14.3. The molecular weight excluding hydrogens is 259 g/mol. The van der Waals surface area contributed by atoms with Crippen LogP contribution in [0.15, 0.2) is 0 Å². The average molecular weight is 279 g/mol. The summed E-state index contributed by atoms with van der Waals surface area (Å²) < 4.78 is 39.9. The topological polar surface area (TPSA) is 35.6 Å². The lowest BCUT2D eigenvalue weighted by Gasteiger charge is -2.42. The van der Waals surface area contributed by atoms with Gasteiger partial charge >= 0.3 is 6.18 Å². The van der Waals surface area contributed by atoms with Crippen molar-refractivity contribution in [2.75, 3.05) is 39.8 Å². The summed E-state index contributed by atoms with van der Waals surface area (Å²) in [5.74, 6) is -0.759. The van der Waals surface area contributed by atoms with Gasteiger partial charge in [-0.05, 0) is 26.9 Å². The van der Waals surface area contributed by atoms with Crippen LogP contribution in [0.5, 0.6) is 0 Å². The predicted octanol–water partition coefficient (Wildman–Crippen LogP) is 0.691. The highest BCUT2D eigenvalue weighted by molar-refractivity contribution is 5.84. The van der Waals surface area contributed by atoms with Gasteiger partial charge in [0.05, 0.1) is 0 Å². The minimum absolute atomic E-state index is 0.0948. The van der Waals surface area contributed by atoms with Crippen LogP contribution in [0.25, 0.3) is 0 Å². The maximum atomic E-state index is 13.3. The molecule has 0 radical (unpaired) electrons. The smallest absolute Gasteiger partial charge is 0.339 e. The molecule has 0 aliphatic carbocycles. The second-order valence-electron chi connectivity index (χ2n) is 5.59. The third kappa shape index (κ3) is 2.45. The summed E-state index contributed by atoms with van der Waals surface area (Å²) in [5, 5.41) is 2.68. The Bertz CT molecular complexity index is 353. The number of piperazine rings is 1. The monoisotopic (exact) mass is 279 g/mol. The van der Waals surface area contributed by atoms with Gasteiger partial charge in [0, 0.05) is 32.2 Å². The van der Waals surface area contributed by atoms with Gasteiger partial charge in [0.2, 0.25) is 5.91 Å². The maximum Gasteiger partial charge on any atom is 0.404 e. The molecule has 0 bridgehead atoms. The lowest BCUT2D eigenvalue weighted by molar-refractivity contribution is -0.222. The van der Waals surface area contributed by atoms with Crippen LogP contribution in [0.4, 0.5) is 13.2 Å². The lowest BCUT2D eigenvalue weighted by Crippen LogP contribution is -2.59. The molecule has 2 aliphatic rings. The van der Waals surface area contributed by atoms with Gasteiger partial charge in [0.25, 0.3) is 0 Å². The van der Waals surface area contributed by atoms with Crippen LogP contribution in [0, 0.1) is 5.41 Å². The molecule has 2 rings (SSSR count). The van der Waals surface area contributed by atoms with Gasteiger partial charge in [0.1, 0.15) is 0 Å². The summed E-state index contributed by atoms with van der Waals surface area (Å²) in [5.41, 5.74) is -2.22. The number of nitrogens with zero attached hydrogens (tertiary/aromatic N) is 2. The molecule has 19 heavy (non-hydrogen) atoms. The van der Waals surface area contributed by atoms with E-state index in [1.165, 1.54) is 4.90 Å². The van der Waals surface area contributed by atoms with E-state index < -0.39 is 17.5 Å². The zero-order valence-electron chi connectivity index (χ0n) is 11.3. The molecule has 2 saturated heterocycles. The van der Waals surface area contributed by atoms with Crippen LogP contribution in [-0.4, -0.2) is 67.7 Å². The van der Waals surface area contributed by atoms with E-state index >= 15 is 0 Å². The first-order valence-corrected chi connectivity index (χ1v) is 6.55. The zero-order valence-corrected chi connectivity index (χ0v) is 11.3. The summed E-state index contributed by atoms with van der Waals surface area (Å²) in [7, 11) is 1.92. The van der Waals surface area contributed by atoms with Crippen molar-refractivity contribution in [3.8, 4) is 0 Å². The standard InChI is InChI=1S/C12H20F3N3O/c1-9-7-18(6-5-17(9)2)10(19)11(12(13,14)15)3-4-16-8-11/h9,16H,3-8H2,1-2H3. The first-order valence-electron chi connectivity index (χ1n) is 6.55. The van der Waals surface area contributed by atoms with Gasteiger partial charge in [0.15, 0.2) is 5.41 Å². The average Bonchev–Trinajstić information content (AvgIpc) is 2.81. The molecule has 4 nitrogen and oxygen atoms in total. The Kier molecular flexibility index (Phi) is 3.79. The first kappa shape index (κ1) is 14.6. The van der Waals surface area contributed by atoms with E-state index in [-0.39, 0.29) is 25.6 Å². The number of amides is 1. The number of rotatable bonds is 1. The van der Waals surface area contributed by atoms with Crippen molar-refractivity contribution in [2.24, 2.45) is 5.41 Å². The fourth-order valence-electron chi connectivity index (χ4n) is 2.77. The van der Waals surface area contributed by atoms with E-state index in [0.29, 0.717) is 19.6 Å². The van der Waals surface area contributed by atoms with E-state index in [2.05, 4.69) is 10.2 Å². The first-order chi connectivity index (χ1) is 8.78. The predicted molar refractivity (Wildman–Crippen MR) is 64.6 cm³/mol.